The van der Waals surface area contributed by atoms with Crippen molar-refractivity contribution in [1.82, 2.24) is 5.32 Å². The summed E-state index contributed by atoms with van der Waals surface area (Å²) in [7, 11) is 0. The summed E-state index contributed by atoms with van der Waals surface area (Å²) in [4.78, 5) is 11.4. The molecule has 0 saturated heterocycles. The summed E-state index contributed by atoms with van der Waals surface area (Å²) >= 11 is 1.61. The van der Waals surface area contributed by atoms with Gasteiger partial charge < -0.3 is 9.73 Å². The minimum absolute atomic E-state index is 0.179. The van der Waals surface area contributed by atoms with Crippen molar-refractivity contribution in [3.63, 3.8) is 0 Å². The van der Waals surface area contributed by atoms with Crippen molar-refractivity contribution in [2.75, 3.05) is 0 Å². The maximum absolute atomic E-state index is 11.4. The molecule has 0 saturated carbocycles. The van der Waals surface area contributed by atoms with Gasteiger partial charge in [-0.2, -0.15) is 11.3 Å². The molecule has 1 amide bonds. The number of amides is 1. The fourth-order valence-electron chi connectivity index (χ4n) is 1.07. The lowest BCUT2D eigenvalue weighted by Gasteiger charge is -1.99. The highest BCUT2D eigenvalue weighted by Gasteiger charge is 2.06. The van der Waals surface area contributed by atoms with E-state index in [1.54, 1.807) is 23.5 Å². The number of nitrogens with one attached hydrogen (secondary N) is 1. The molecule has 0 unspecified atom stereocenters. The molecule has 0 bridgehead atoms. The van der Waals surface area contributed by atoms with Crippen LogP contribution in [0.2, 0.25) is 0 Å². The third-order valence-corrected chi connectivity index (χ3v) is 2.51. The zero-order valence-corrected chi connectivity index (χ0v) is 8.21. The van der Waals surface area contributed by atoms with Crippen molar-refractivity contribution in [3.05, 3.63) is 46.5 Å². The van der Waals surface area contributed by atoms with Crippen LogP contribution < -0.4 is 5.32 Å². The minimum atomic E-state index is -0.179. The predicted molar refractivity (Wildman–Crippen MR) is 54.2 cm³/mol. The van der Waals surface area contributed by atoms with E-state index in [-0.39, 0.29) is 5.91 Å². The fourth-order valence-corrected chi connectivity index (χ4v) is 1.74. The van der Waals surface area contributed by atoms with E-state index in [0.29, 0.717) is 12.3 Å². The molecule has 2 heterocycles. The second-order valence-electron chi connectivity index (χ2n) is 2.79. The standard InChI is InChI=1S/C10H9NO2S/c12-10(9-2-1-4-13-9)11-6-8-3-5-14-7-8/h1-5,7H,6H2,(H,11,12). The van der Waals surface area contributed by atoms with Crippen LogP contribution in [0.3, 0.4) is 0 Å². The Morgan fingerprint density at radius 1 is 1.50 bits per heavy atom. The second-order valence-corrected chi connectivity index (χ2v) is 3.57. The molecule has 14 heavy (non-hydrogen) atoms. The van der Waals surface area contributed by atoms with Crippen LogP contribution in [0.1, 0.15) is 16.1 Å². The summed E-state index contributed by atoms with van der Waals surface area (Å²) in [5, 5.41) is 6.74. The fraction of sp³-hybridized carbons (Fsp3) is 0.100. The van der Waals surface area contributed by atoms with Crippen molar-refractivity contribution in [3.8, 4) is 0 Å². The molecule has 0 radical (unpaired) electrons. The Hall–Kier alpha value is -1.55. The molecular formula is C10H9NO2S. The molecule has 2 rings (SSSR count). The predicted octanol–water partition coefficient (Wildman–Crippen LogP) is 2.27. The van der Waals surface area contributed by atoms with Gasteiger partial charge in [0.05, 0.1) is 6.26 Å². The van der Waals surface area contributed by atoms with E-state index in [0.717, 1.165) is 5.56 Å². The summed E-state index contributed by atoms with van der Waals surface area (Å²) in [5.74, 6) is 0.168. The number of furan rings is 1. The average molecular weight is 207 g/mol. The van der Waals surface area contributed by atoms with E-state index in [9.17, 15) is 4.79 Å². The van der Waals surface area contributed by atoms with E-state index >= 15 is 0 Å². The summed E-state index contributed by atoms with van der Waals surface area (Å²) in [6.07, 6.45) is 1.49. The quantitative estimate of drug-likeness (QED) is 0.838. The summed E-state index contributed by atoms with van der Waals surface area (Å²) in [6, 6.07) is 5.32. The number of hydrogen-bond donors (Lipinski definition) is 1. The number of carbonyl (C=O) groups excluding carboxylic acids is 1. The van der Waals surface area contributed by atoms with Crippen molar-refractivity contribution in [2.24, 2.45) is 0 Å². The normalized spacial score (nSPS) is 10.0. The SMILES string of the molecule is O=C(NCc1ccsc1)c1ccco1. The van der Waals surface area contributed by atoms with E-state index in [2.05, 4.69) is 5.32 Å². The summed E-state index contributed by atoms with van der Waals surface area (Å²) in [6.45, 7) is 0.545. The minimum Gasteiger partial charge on any atom is -0.459 e. The Balaban J connectivity index is 1.90. The van der Waals surface area contributed by atoms with Crippen LogP contribution in [0.25, 0.3) is 0 Å². The molecule has 72 valence electrons. The Labute approximate surface area is 85.4 Å². The monoisotopic (exact) mass is 207 g/mol. The van der Waals surface area contributed by atoms with Gasteiger partial charge >= 0.3 is 0 Å². The van der Waals surface area contributed by atoms with Gasteiger partial charge in [0.25, 0.3) is 5.91 Å². The zero-order chi connectivity index (χ0) is 9.80. The van der Waals surface area contributed by atoms with Gasteiger partial charge in [0, 0.05) is 6.54 Å². The first-order valence-electron chi connectivity index (χ1n) is 4.19. The first kappa shape index (κ1) is 9.02. The molecule has 0 aliphatic rings. The van der Waals surface area contributed by atoms with Crippen molar-refractivity contribution in [2.45, 2.75) is 6.54 Å². The number of carbonyl (C=O) groups is 1. The number of thiophene rings is 1. The van der Waals surface area contributed by atoms with Gasteiger partial charge in [-0.1, -0.05) is 0 Å². The lowest BCUT2D eigenvalue weighted by molar-refractivity contribution is 0.0923. The van der Waals surface area contributed by atoms with Gasteiger partial charge in [-0.15, -0.1) is 0 Å². The molecule has 3 nitrogen and oxygen atoms in total. The van der Waals surface area contributed by atoms with E-state index in [1.807, 2.05) is 16.8 Å². The number of rotatable bonds is 3. The van der Waals surface area contributed by atoms with Gasteiger partial charge in [0.2, 0.25) is 0 Å². The van der Waals surface area contributed by atoms with Gasteiger partial charge in [-0.25, -0.2) is 0 Å². The molecule has 2 aromatic rings. The van der Waals surface area contributed by atoms with Crippen LogP contribution in [0.5, 0.6) is 0 Å². The molecule has 0 aliphatic carbocycles. The lowest BCUT2D eigenvalue weighted by atomic mass is 10.3. The molecule has 0 spiro atoms. The topological polar surface area (TPSA) is 42.2 Å². The molecule has 0 fully saturated rings. The van der Waals surface area contributed by atoms with Crippen LogP contribution in [0.15, 0.2) is 39.6 Å². The van der Waals surface area contributed by atoms with Crippen molar-refractivity contribution >= 4 is 17.2 Å². The smallest absolute Gasteiger partial charge is 0.287 e. The van der Waals surface area contributed by atoms with E-state index in [1.165, 1.54) is 6.26 Å². The van der Waals surface area contributed by atoms with Crippen molar-refractivity contribution < 1.29 is 9.21 Å². The third-order valence-electron chi connectivity index (χ3n) is 1.78. The molecule has 0 aromatic carbocycles. The summed E-state index contributed by atoms with van der Waals surface area (Å²) in [5.41, 5.74) is 1.11. The third kappa shape index (κ3) is 2.03. The Morgan fingerprint density at radius 2 is 2.43 bits per heavy atom. The zero-order valence-electron chi connectivity index (χ0n) is 7.40. The molecule has 1 N–H and O–H groups in total. The van der Waals surface area contributed by atoms with Gasteiger partial charge in [0.1, 0.15) is 0 Å². The maximum atomic E-state index is 11.4. The van der Waals surface area contributed by atoms with Crippen LogP contribution in [-0.4, -0.2) is 5.91 Å². The summed E-state index contributed by atoms with van der Waals surface area (Å²) < 4.78 is 4.96. The molecule has 0 aliphatic heterocycles. The molecule has 2 aromatic heterocycles. The Kier molecular flexibility index (Phi) is 2.65. The average Bonchev–Trinajstić information content (AvgIpc) is 2.87. The Morgan fingerprint density at radius 3 is 3.07 bits per heavy atom. The molecular weight excluding hydrogens is 198 g/mol. The molecule has 0 atom stereocenters. The van der Waals surface area contributed by atoms with Gasteiger partial charge in [-0.05, 0) is 34.5 Å². The van der Waals surface area contributed by atoms with Crippen LogP contribution in [-0.2, 0) is 6.54 Å². The van der Waals surface area contributed by atoms with Crippen LogP contribution in [0.4, 0.5) is 0 Å². The highest BCUT2D eigenvalue weighted by atomic mass is 32.1. The number of hydrogen-bond acceptors (Lipinski definition) is 3. The first-order valence-corrected chi connectivity index (χ1v) is 5.13. The van der Waals surface area contributed by atoms with E-state index in [4.69, 9.17) is 4.42 Å². The first-order chi connectivity index (χ1) is 6.86. The van der Waals surface area contributed by atoms with E-state index < -0.39 is 0 Å². The lowest BCUT2D eigenvalue weighted by Crippen LogP contribution is -2.21. The van der Waals surface area contributed by atoms with Gasteiger partial charge in [-0.3, -0.25) is 4.79 Å². The second kappa shape index (κ2) is 4.11. The van der Waals surface area contributed by atoms with Crippen molar-refractivity contribution in [1.29, 1.82) is 0 Å². The highest BCUT2D eigenvalue weighted by Crippen LogP contribution is 2.06. The Bertz CT molecular complexity index is 392. The highest BCUT2D eigenvalue weighted by molar-refractivity contribution is 7.07. The van der Waals surface area contributed by atoms with Crippen LogP contribution >= 0.6 is 11.3 Å². The molecule has 4 heteroatoms. The maximum Gasteiger partial charge on any atom is 0.287 e. The van der Waals surface area contributed by atoms with Crippen LogP contribution in [0, 0.1) is 0 Å². The largest absolute Gasteiger partial charge is 0.459 e. The van der Waals surface area contributed by atoms with Gasteiger partial charge in [0.15, 0.2) is 5.76 Å².